The first-order chi connectivity index (χ1) is 21.8. The van der Waals surface area contributed by atoms with E-state index >= 15 is 0 Å². The van der Waals surface area contributed by atoms with Gasteiger partial charge in [0, 0.05) is 0 Å². The molecule has 0 aliphatic rings. The molecule has 0 aliphatic heterocycles. The molecule has 0 amide bonds. The minimum Gasteiger partial charge on any atom is -0.0616 e. The lowest BCUT2D eigenvalue weighted by atomic mass is 9.84. The van der Waals surface area contributed by atoms with E-state index in [1.165, 1.54) is 87.2 Å². The molecule has 0 heterocycles. The zero-order valence-electron chi connectivity index (χ0n) is 24.2. The van der Waals surface area contributed by atoms with Crippen molar-refractivity contribution in [3.63, 3.8) is 0 Å². The molecule has 204 valence electrons. The molecule has 0 fully saturated rings. The summed E-state index contributed by atoms with van der Waals surface area (Å²) in [6.07, 6.45) is 0. The van der Waals surface area contributed by atoms with Gasteiger partial charge in [0.1, 0.15) is 0 Å². The van der Waals surface area contributed by atoms with Crippen molar-refractivity contribution < 1.29 is 0 Å². The van der Waals surface area contributed by atoms with Crippen molar-refractivity contribution in [2.75, 3.05) is 0 Å². The molecule has 44 heavy (non-hydrogen) atoms. The Balaban J connectivity index is 1.24. The minimum absolute atomic E-state index is 1.23. The lowest BCUT2D eigenvalue weighted by Crippen LogP contribution is -1.91. The van der Waals surface area contributed by atoms with Crippen molar-refractivity contribution in [2.24, 2.45) is 0 Å². The Labute approximate surface area is 256 Å². The Bertz CT molecular complexity index is 2470. The molecule has 0 heteroatoms. The highest BCUT2D eigenvalue weighted by Crippen LogP contribution is 2.45. The van der Waals surface area contributed by atoms with Crippen molar-refractivity contribution in [3.8, 4) is 33.4 Å². The first kappa shape index (κ1) is 24.8. The smallest absolute Gasteiger partial charge is 0.00201 e. The molecule has 9 aromatic rings. The fourth-order valence-electron chi connectivity index (χ4n) is 7.18. The third-order valence-electron chi connectivity index (χ3n) is 9.24. The van der Waals surface area contributed by atoms with Crippen LogP contribution in [0.3, 0.4) is 0 Å². The molecule has 9 aromatic carbocycles. The van der Waals surface area contributed by atoms with Crippen molar-refractivity contribution in [2.45, 2.75) is 0 Å². The molecule has 0 N–H and O–H groups in total. The second-order valence-electron chi connectivity index (χ2n) is 11.7. The van der Waals surface area contributed by atoms with Gasteiger partial charge in [0.15, 0.2) is 0 Å². The van der Waals surface area contributed by atoms with Crippen LogP contribution >= 0.6 is 0 Å². The maximum atomic E-state index is 2.34. The largest absolute Gasteiger partial charge is 0.0616 e. The predicted molar refractivity (Wildman–Crippen MR) is 190 cm³/mol. The topological polar surface area (TPSA) is 0 Å². The summed E-state index contributed by atoms with van der Waals surface area (Å²) in [5.41, 5.74) is 7.57. The van der Waals surface area contributed by atoms with Crippen molar-refractivity contribution in [3.05, 3.63) is 170 Å². The van der Waals surface area contributed by atoms with Gasteiger partial charge in [-0.05, 0) is 93.3 Å². The van der Waals surface area contributed by atoms with Gasteiger partial charge >= 0.3 is 0 Å². The Morgan fingerprint density at radius 3 is 1.32 bits per heavy atom. The third kappa shape index (κ3) is 3.85. The quantitative estimate of drug-likeness (QED) is 0.150. The second-order valence-corrected chi connectivity index (χ2v) is 11.7. The monoisotopic (exact) mass is 556 g/mol. The Morgan fingerprint density at radius 2 is 0.659 bits per heavy atom. The molecular weight excluding hydrogens is 528 g/mol. The summed E-state index contributed by atoms with van der Waals surface area (Å²) in [5.74, 6) is 0. The van der Waals surface area contributed by atoms with Crippen LogP contribution in [0, 0.1) is 0 Å². The molecule has 0 saturated carbocycles. The molecule has 0 spiro atoms. The van der Waals surface area contributed by atoms with Crippen LogP contribution in [-0.4, -0.2) is 0 Å². The van der Waals surface area contributed by atoms with Crippen LogP contribution in [0.2, 0.25) is 0 Å². The highest BCUT2D eigenvalue weighted by molar-refractivity contribution is 6.23. The molecule has 0 nitrogen and oxygen atoms in total. The fourth-order valence-corrected chi connectivity index (χ4v) is 7.18. The maximum Gasteiger partial charge on any atom is -0.00201 e. The zero-order valence-corrected chi connectivity index (χ0v) is 24.2. The lowest BCUT2D eigenvalue weighted by Gasteiger charge is -2.19. The SMILES string of the molecule is c1ccc2c(-c3c4ccccc4c(-c4ccc(-c5ccc6ccc7ccccc7c6c5)cc4)c4ccccc34)cccc2c1. The van der Waals surface area contributed by atoms with Crippen molar-refractivity contribution in [1.82, 2.24) is 0 Å². The molecule has 0 atom stereocenters. The van der Waals surface area contributed by atoms with Crippen LogP contribution < -0.4 is 0 Å². The van der Waals surface area contributed by atoms with E-state index in [0.29, 0.717) is 0 Å². The van der Waals surface area contributed by atoms with E-state index in [-0.39, 0.29) is 0 Å². The first-order valence-electron chi connectivity index (χ1n) is 15.3. The van der Waals surface area contributed by atoms with E-state index in [9.17, 15) is 0 Å². The van der Waals surface area contributed by atoms with E-state index in [0.717, 1.165) is 0 Å². The highest BCUT2D eigenvalue weighted by Gasteiger charge is 2.17. The van der Waals surface area contributed by atoms with Crippen LogP contribution in [0.1, 0.15) is 0 Å². The van der Waals surface area contributed by atoms with Crippen LogP contribution in [0.4, 0.5) is 0 Å². The Hall–Kier alpha value is -5.72. The summed E-state index contributed by atoms with van der Waals surface area (Å²) in [7, 11) is 0. The summed E-state index contributed by atoms with van der Waals surface area (Å²) < 4.78 is 0. The van der Waals surface area contributed by atoms with E-state index < -0.39 is 0 Å². The minimum atomic E-state index is 1.23. The van der Waals surface area contributed by atoms with E-state index in [1.54, 1.807) is 0 Å². The van der Waals surface area contributed by atoms with E-state index in [1.807, 2.05) is 0 Å². The molecular formula is C44H28. The molecule has 0 bridgehead atoms. The van der Waals surface area contributed by atoms with E-state index in [2.05, 4.69) is 170 Å². The predicted octanol–water partition coefficient (Wildman–Crippen LogP) is 12.5. The number of hydrogen-bond donors (Lipinski definition) is 0. The second kappa shape index (κ2) is 9.93. The van der Waals surface area contributed by atoms with Crippen molar-refractivity contribution in [1.29, 1.82) is 0 Å². The average molecular weight is 557 g/mol. The van der Waals surface area contributed by atoms with Crippen LogP contribution in [0.5, 0.6) is 0 Å². The Morgan fingerprint density at radius 1 is 0.227 bits per heavy atom. The normalized spacial score (nSPS) is 11.6. The average Bonchev–Trinajstić information content (AvgIpc) is 3.10. The van der Waals surface area contributed by atoms with E-state index in [4.69, 9.17) is 0 Å². The standard InChI is InChI=1S/C44H28/c1-3-13-35-30(10-1)12-9-19-37(35)44-40-17-7-5-15-38(40)43(39-16-6-8-18-41(39)44)33-25-20-29(21-26-33)34-27-24-32-23-22-31-11-2-4-14-36(31)42(32)28-34/h1-28H. The lowest BCUT2D eigenvalue weighted by molar-refractivity contribution is 1.63. The van der Waals surface area contributed by atoms with Gasteiger partial charge in [0.05, 0.1) is 0 Å². The van der Waals surface area contributed by atoms with Crippen LogP contribution in [0.25, 0.3) is 87.2 Å². The van der Waals surface area contributed by atoms with Gasteiger partial charge in [-0.15, -0.1) is 0 Å². The highest BCUT2D eigenvalue weighted by atomic mass is 14.2. The van der Waals surface area contributed by atoms with Gasteiger partial charge in [0.25, 0.3) is 0 Å². The zero-order chi connectivity index (χ0) is 29.0. The third-order valence-corrected chi connectivity index (χ3v) is 9.24. The number of fused-ring (bicyclic) bond motifs is 6. The van der Waals surface area contributed by atoms with Gasteiger partial charge in [-0.3, -0.25) is 0 Å². The maximum absolute atomic E-state index is 2.34. The first-order valence-corrected chi connectivity index (χ1v) is 15.3. The molecule has 0 saturated heterocycles. The number of benzene rings is 9. The number of rotatable bonds is 3. The number of hydrogen-bond acceptors (Lipinski definition) is 0. The molecule has 0 aliphatic carbocycles. The fraction of sp³-hybridized carbons (Fsp3) is 0. The summed E-state index contributed by atoms with van der Waals surface area (Å²) in [6.45, 7) is 0. The molecule has 9 rings (SSSR count). The van der Waals surface area contributed by atoms with Crippen LogP contribution in [0.15, 0.2) is 170 Å². The summed E-state index contributed by atoms with van der Waals surface area (Å²) in [5, 5.41) is 12.8. The van der Waals surface area contributed by atoms with Gasteiger partial charge in [-0.25, -0.2) is 0 Å². The summed E-state index contributed by atoms with van der Waals surface area (Å²) >= 11 is 0. The van der Waals surface area contributed by atoms with Crippen molar-refractivity contribution >= 4 is 53.9 Å². The van der Waals surface area contributed by atoms with Gasteiger partial charge in [-0.1, -0.05) is 164 Å². The summed E-state index contributed by atoms with van der Waals surface area (Å²) in [6, 6.07) is 62.3. The Kier molecular flexibility index (Phi) is 5.61. The van der Waals surface area contributed by atoms with Gasteiger partial charge in [0.2, 0.25) is 0 Å². The molecule has 0 radical (unpaired) electrons. The van der Waals surface area contributed by atoms with Crippen LogP contribution in [-0.2, 0) is 0 Å². The molecule has 0 aromatic heterocycles. The molecule has 0 unspecified atom stereocenters. The van der Waals surface area contributed by atoms with Gasteiger partial charge < -0.3 is 0 Å². The summed E-state index contributed by atoms with van der Waals surface area (Å²) in [4.78, 5) is 0. The van der Waals surface area contributed by atoms with Gasteiger partial charge in [-0.2, -0.15) is 0 Å².